The molecule has 1 aromatic heterocycles. The second-order valence-corrected chi connectivity index (χ2v) is 10.4. The lowest BCUT2D eigenvalue weighted by Crippen LogP contribution is -2.40. The van der Waals surface area contributed by atoms with Crippen LogP contribution in [0.25, 0.3) is 0 Å². The third-order valence-corrected chi connectivity index (χ3v) is 6.80. The van der Waals surface area contributed by atoms with Crippen molar-refractivity contribution in [3.63, 3.8) is 0 Å². The first-order valence-corrected chi connectivity index (χ1v) is 12.0. The van der Waals surface area contributed by atoms with E-state index >= 15 is 0 Å². The number of para-hydroxylation sites is 2. The molecule has 2 aliphatic rings. The van der Waals surface area contributed by atoms with Gasteiger partial charge in [0.25, 0.3) is 0 Å². The van der Waals surface area contributed by atoms with Crippen molar-refractivity contribution in [1.29, 1.82) is 0 Å². The number of ketones is 1. The number of hydrogen-bond acceptors (Lipinski definition) is 5. The molecule has 5 rings (SSSR count). The minimum atomic E-state index is -0.510. The fraction of sp³-hybridized carbons (Fsp3) is 0.310. The van der Waals surface area contributed by atoms with E-state index in [0.717, 1.165) is 40.3 Å². The number of hydrogen-bond donors (Lipinski definition) is 2. The Hall–Kier alpha value is -3.80. The van der Waals surface area contributed by atoms with Crippen LogP contribution in [0.4, 0.5) is 17.1 Å². The van der Waals surface area contributed by atoms with Crippen molar-refractivity contribution in [2.24, 2.45) is 5.41 Å². The van der Waals surface area contributed by atoms with Crippen molar-refractivity contribution in [2.45, 2.75) is 46.6 Å². The van der Waals surface area contributed by atoms with Crippen LogP contribution in [-0.2, 0) is 9.59 Å². The molecule has 0 fully saturated rings. The lowest BCUT2D eigenvalue weighted by molar-refractivity contribution is -0.119. The number of anilines is 3. The predicted molar refractivity (Wildman–Crippen MR) is 138 cm³/mol. The fourth-order valence-electron chi connectivity index (χ4n) is 5.18. The van der Waals surface area contributed by atoms with Crippen molar-refractivity contribution >= 4 is 28.8 Å². The van der Waals surface area contributed by atoms with Crippen LogP contribution in [0.3, 0.4) is 0 Å². The van der Waals surface area contributed by atoms with Gasteiger partial charge in [-0.1, -0.05) is 38.1 Å². The Labute approximate surface area is 206 Å². The topological polar surface area (TPSA) is 74.6 Å². The first-order valence-electron chi connectivity index (χ1n) is 12.0. The fourth-order valence-corrected chi connectivity index (χ4v) is 5.18. The first-order chi connectivity index (χ1) is 16.7. The number of amides is 1. The summed E-state index contributed by atoms with van der Waals surface area (Å²) < 4.78 is 5.87. The number of carbonyl (C=O) groups excluding carboxylic acids is 2. The molecule has 1 aliphatic heterocycles. The average molecular weight is 470 g/mol. The highest BCUT2D eigenvalue weighted by Crippen LogP contribution is 2.48. The third-order valence-electron chi connectivity index (χ3n) is 6.80. The Morgan fingerprint density at radius 1 is 1.11 bits per heavy atom. The standard InChI is InChI=1S/C29H31N3O3/c1-18-11-12-19(2)21(14-18)31-26(34)17-32-23-9-6-5-8-20(23)30-22-15-29(3,4)16-24(33)27(22)28(32)25-10-7-13-35-25/h5-14,28,30H,15-17H2,1-4H3,(H,31,34)/t28-/m1/s1. The molecule has 1 aliphatic carbocycles. The van der Waals surface area contributed by atoms with Crippen molar-refractivity contribution in [1.82, 2.24) is 0 Å². The second kappa shape index (κ2) is 8.77. The monoisotopic (exact) mass is 469 g/mol. The van der Waals surface area contributed by atoms with Crippen LogP contribution in [0, 0.1) is 19.3 Å². The summed E-state index contributed by atoms with van der Waals surface area (Å²) in [5, 5.41) is 6.63. The Morgan fingerprint density at radius 3 is 2.69 bits per heavy atom. The molecule has 2 heterocycles. The van der Waals surface area contributed by atoms with Gasteiger partial charge in [0.1, 0.15) is 11.8 Å². The lowest BCUT2D eigenvalue weighted by Gasteiger charge is -2.36. The number of furan rings is 1. The van der Waals surface area contributed by atoms with Crippen LogP contribution in [0.15, 0.2) is 76.5 Å². The summed E-state index contributed by atoms with van der Waals surface area (Å²) >= 11 is 0. The zero-order chi connectivity index (χ0) is 24.7. The van der Waals surface area contributed by atoms with Gasteiger partial charge in [-0.25, -0.2) is 0 Å². The molecule has 0 saturated heterocycles. The molecule has 3 aromatic rings. The Kier molecular flexibility index (Phi) is 5.75. The van der Waals surface area contributed by atoms with Crippen molar-refractivity contribution < 1.29 is 14.0 Å². The number of aryl methyl sites for hydroxylation is 2. The van der Waals surface area contributed by atoms with Gasteiger partial charge in [0, 0.05) is 23.4 Å². The molecule has 0 saturated carbocycles. The molecule has 180 valence electrons. The number of Topliss-reactive ketones (excluding diaryl/α,β-unsaturated/α-hetero) is 1. The molecular weight excluding hydrogens is 438 g/mol. The first kappa shape index (κ1) is 23.0. The van der Waals surface area contributed by atoms with E-state index in [1.807, 2.05) is 73.3 Å². The minimum Gasteiger partial charge on any atom is -0.467 e. The second-order valence-electron chi connectivity index (χ2n) is 10.4. The van der Waals surface area contributed by atoms with Gasteiger partial charge >= 0.3 is 0 Å². The highest BCUT2D eigenvalue weighted by Gasteiger charge is 2.42. The van der Waals surface area contributed by atoms with Gasteiger partial charge < -0.3 is 20.0 Å². The van der Waals surface area contributed by atoms with E-state index in [4.69, 9.17) is 4.42 Å². The summed E-state index contributed by atoms with van der Waals surface area (Å²) in [4.78, 5) is 29.0. The number of benzene rings is 2. The normalized spacial score (nSPS) is 18.9. The van der Waals surface area contributed by atoms with E-state index in [9.17, 15) is 9.59 Å². The van der Waals surface area contributed by atoms with Gasteiger partial charge in [-0.2, -0.15) is 0 Å². The number of rotatable bonds is 4. The summed E-state index contributed by atoms with van der Waals surface area (Å²) in [6.07, 6.45) is 2.80. The average Bonchev–Trinajstić information content (AvgIpc) is 3.27. The van der Waals surface area contributed by atoms with E-state index in [1.54, 1.807) is 6.26 Å². The molecule has 0 radical (unpaired) electrons. The van der Waals surface area contributed by atoms with Crippen molar-refractivity contribution in [3.8, 4) is 0 Å². The number of nitrogens with one attached hydrogen (secondary N) is 2. The van der Waals surface area contributed by atoms with Gasteiger partial charge in [-0.05, 0) is 67.1 Å². The molecule has 2 aromatic carbocycles. The summed E-state index contributed by atoms with van der Waals surface area (Å²) in [5.74, 6) is 0.569. The molecule has 0 bridgehead atoms. The van der Waals surface area contributed by atoms with Crippen molar-refractivity contribution in [3.05, 3.63) is 89.0 Å². The Morgan fingerprint density at radius 2 is 1.91 bits per heavy atom. The largest absolute Gasteiger partial charge is 0.467 e. The van der Waals surface area contributed by atoms with Gasteiger partial charge in [-0.15, -0.1) is 0 Å². The number of carbonyl (C=O) groups is 2. The smallest absolute Gasteiger partial charge is 0.243 e. The van der Waals surface area contributed by atoms with Crippen LogP contribution >= 0.6 is 0 Å². The number of allylic oxidation sites excluding steroid dienone is 1. The molecule has 0 unspecified atom stereocenters. The maximum absolute atomic E-state index is 13.6. The summed E-state index contributed by atoms with van der Waals surface area (Å²) in [6, 6.07) is 17.1. The van der Waals surface area contributed by atoms with Crippen LogP contribution < -0.4 is 15.5 Å². The van der Waals surface area contributed by atoms with E-state index in [1.165, 1.54) is 0 Å². The maximum Gasteiger partial charge on any atom is 0.243 e. The molecule has 6 heteroatoms. The van der Waals surface area contributed by atoms with E-state index < -0.39 is 6.04 Å². The van der Waals surface area contributed by atoms with Crippen LogP contribution in [0.1, 0.15) is 49.6 Å². The molecular formula is C29H31N3O3. The molecule has 0 spiro atoms. The number of nitrogens with zero attached hydrogens (tertiary/aromatic N) is 1. The van der Waals surface area contributed by atoms with Crippen molar-refractivity contribution in [2.75, 3.05) is 22.1 Å². The zero-order valence-electron chi connectivity index (χ0n) is 20.6. The van der Waals surface area contributed by atoms with Crippen LogP contribution in [-0.4, -0.2) is 18.2 Å². The van der Waals surface area contributed by atoms with E-state index in [2.05, 4.69) is 24.5 Å². The zero-order valence-corrected chi connectivity index (χ0v) is 20.6. The Balaban J connectivity index is 1.60. The maximum atomic E-state index is 13.6. The van der Waals surface area contributed by atoms with Crippen LogP contribution in [0.2, 0.25) is 0 Å². The quantitative estimate of drug-likeness (QED) is 0.479. The van der Waals surface area contributed by atoms with E-state index in [-0.39, 0.29) is 23.7 Å². The molecule has 2 N–H and O–H groups in total. The van der Waals surface area contributed by atoms with E-state index in [0.29, 0.717) is 17.8 Å². The summed E-state index contributed by atoms with van der Waals surface area (Å²) in [7, 11) is 0. The lowest BCUT2D eigenvalue weighted by atomic mass is 9.74. The summed E-state index contributed by atoms with van der Waals surface area (Å²) in [5.41, 5.74) is 6.02. The van der Waals surface area contributed by atoms with Gasteiger partial charge in [0.2, 0.25) is 5.91 Å². The highest BCUT2D eigenvalue weighted by atomic mass is 16.3. The van der Waals surface area contributed by atoms with Gasteiger partial charge in [-0.3, -0.25) is 9.59 Å². The van der Waals surface area contributed by atoms with Gasteiger partial charge in [0.15, 0.2) is 5.78 Å². The summed E-state index contributed by atoms with van der Waals surface area (Å²) in [6.45, 7) is 8.27. The molecule has 1 amide bonds. The third kappa shape index (κ3) is 4.48. The molecule has 35 heavy (non-hydrogen) atoms. The SMILES string of the molecule is Cc1ccc(C)c(NC(=O)CN2c3ccccc3NC3=C(C(=O)CC(C)(C)C3)[C@H]2c2ccco2)c1. The van der Waals surface area contributed by atoms with Gasteiger partial charge in [0.05, 0.1) is 24.2 Å². The predicted octanol–water partition coefficient (Wildman–Crippen LogP) is 6.15. The highest BCUT2D eigenvalue weighted by molar-refractivity contribution is 6.02. The Bertz CT molecular complexity index is 1320. The molecule has 1 atom stereocenters. The van der Waals surface area contributed by atoms with Crippen LogP contribution in [0.5, 0.6) is 0 Å². The molecule has 6 nitrogen and oxygen atoms in total. The minimum absolute atomic E-state index is 0.0604. The number of fused-ring (bicyclic) bond motifs is 1.